The normalized spacial score (nSPS) is 11.6. The Balaban J connectivity index is 1.55. The number of amides is 1. The molecule has 3 aromatic heterocycles. The Morgan fingerprint density at radius 3 is 2.45 bits per heavy atom. The van der Waals surface area contributed by atoms with Gasteiger partial charge >= 0.3 is 0 Å². The van der Waals surface area contributed by atoms with Gasteiger partial charge in [0.15, 0.2) is 0 Å². The van der Waals surface area contributed by atoms with Crippen LogP contribution in [0.5, 0.6) is 0 Å². The molecule has 2 N–H and O–H groups in total. The number of benzene rings is 1. The van der Waals surface area contributed by atoms with E-state index in [0.717, 1.165) is 11.3 Å². The summed E-state index contributed by atoms with van der Waals surface area (Å²) in [4.78, 5) is 30.6. The highest BCUT2D eigenvalue weighted by Crippen LogP contribution is 2.28. The first-order chi connectivity index (χ1) is 15.6. The predicted molar refractivity (Wildman–Crippen MR) is 125 cm³/mol. The minimum Gasteiger partial charge on any atom is -0.337 e. The van der Waals surface area contributed by atoms with Gasteiger partial charge in [-0.1, -0.05) is 5.16 Å². The van der Waals surface area contributed by atoms with Crippen molar-refractivity contribution in [2.24, 2.45) is 0 Å². The van der Waals surface area contributed by atoms with Crippen LogP contribution >= 0.6 is 11.3 Å². The van der Waals surface area contributed by atoms with Crippen LogP contribution in [0.3, 0.4) is 0 Å². The molecule has 0 aliphatic carbocycles. The van der Waals surface area contributed by atoms with Crippen LogP contribution in [-0.4, -0.2) is 29.0 Å². The zero-order chi connectivity index (χ0) is 23.9. The zero-order valence-electron chi connectivity index (χ0n) is 18.3. The Bertz CT molecular complexity index is 1530. The first-order valence-electron chi connectivity index (χ1n) is 9.98. The summed E-state index contributed by atoms with van der Waals surface area (Å²) in [5.74, 6) is -0.347. The van der Waals surface area contributed by atoms with E-state index in [0.29, 0.717) is 44.1 Å². The first kappa shape index (κ1) is 22.7. The number of anilines is 2. The van der Waals surface area contributed by atoms with Crippen molar-refractivity contribution < 1.29 is 17.7 Å². The van der Waals surface area contributed by atoms with Crippen molar-refractivity contribution in [1.29, 1.82) is 0 Å². The molecular weight excluding hydrogens is 466 g/mol. The van der Waals surface area contributed by atoms with E-state index in [2.05, 4.69) is 20.2 Å². The summed E-state index contributed by atoms with van der Waals surface area (Å²) < 4.78 is 34.1. The van der Waals surface area contributed by atoms with Crippen LogP contribution in [-0.2, 0) is 16.6 Å². The van der Waals surface area contributed by atoms with Gasteiger partial charge in [-0.25, -0.2) is 18.1 Å². The maximum absolute atomic E-state index is 12.8. The molecule has 0 radical (unpaired) electrons. The van der Waals surface area contributed by atoms with Crippen molar-refractivity contribution in [3.8, 4) is 0 Å². The van der Waals surface area contributed by atoms with Gasteiger partial charge in [0.25, 0.3) is 21.5 Å². The molecule has 10 nitrogen and oxygen atoms in total. The van der Waals surface area contributed by atoms with Crippen molar-refractivity contribution in [1.82, 2.24) is 14.7 Å². The molecule has 33 heavy (non-hydrogen) atoms. The lowest BCUT2D eigenvalue weighted by Crippen LogP contribution is -2.19. The number of carbonyl (C=O) groups is 1. The second-order valence-electron chi connectivity index (χ2n) is 7.38. The molecule has 4 aromatic rings. The van der Waals surface area contributed by atoms with Gasteiger partial charge in [-0.2, -0.15) is 0 Å². The molecule has 12 heteroatoms. The second kappa shape index (κ2) is 8.45. The third-order valence-corrected chi connectivity index (χ3v) is 7.82. The molecule has 0 aliphatic heterocycles. The summed E-state index contributed by atoms with van der Waals surface area (Å²) in [6.07, 6.45) is 1.47. The highest BCUT2D eigenvalue weighted by atomic mass is 32.2. The zero-order valence-corrected chi connectivity index (χ0v) is 19.9. The average Bonchev–Trinajstić information content (AvgIpc) is 3.28. The molecule has 1 aromatic carbocycles. The first-order valence-corrected chi connectivity index (χ1v) is 12.3. The number of thiophene rings is 1. The largest absolute Gasteiger partial charge is 0.337 e. The van der Waals surface area contributed by atoms with Gasteiger partial charge < -0.3 is 9.84 Å². The summed E-state index contributed by atoms with van der Waals surface area (Å²) in [6, 6.07) is 5.71. The number of carbonyl (C=O) groups excluding carboxylic acids is 1. The molecule has 3 heterocycles. The molecule has 1 amide bonds. The topological polar surface area (TPSA) is 136 Å². The van der Waals surface area contributed by atoms with Crippen LogP contribution in [0.25, 0.3) is 10.2 Å². The smallest absolute Gasteiger partial charge is 0.266 e. The Kier molecular flexibility index (Phi) is 5.80. The summed E-state index contributed by atoms with van der Waals surface area (Å²) >= 11 is 1.14. The van der Waals surface area contributed by atoms with Crippen LogP contribution in [0, 0.1) is 20.8 Å². The van der Waals surface area contributed by atoms with E-state index < -0.39 is 15.9 Å². The standard InChI is InChI=1S/C21H21N5O5S2/c1-5-26-10-22-20-16(21(26)28)12(3)17(32-20)18(27)23-14-6-8-15(9-7-14)33(29,30)25-19-11(2)13(4)24-31-19/h6-10,25H,5H2,1-4H3,(H,23,27). The quantitative estimate of drug-likeness (QED) is 0.425. The number of rotatable bonds is 6. The van der Waals surface area contributed by atoms with Gasteiger partial charge in [-0.15, -0.1) is 11.3 Å². The Labute approximate surface area is 193 Å². The van der Waals surface area contributed by atoms with Crippen molar-refractivity contribution in [3.05, 3.63) is 62.6 Å². The fourth-order valence-corrected chi connectivity index (χ4v) is 5.28. The number of hydrogen-bond acceptors (Lipinski definition) is 8. The van der Waals surface area contributed by atoms with E-state index in [1.807, 2.05) is 6.92 Å². The van der Waals surface area contributed by atoms with E-state index >= 15 is 0 Å². The number of hydrogen-bond donors (Lipinski definition) is 2. The van der Waals surface area contributed by atoms with Crippen LogP contribution in [0.15, 0.2) is 44.8 Å². The number of fused-ring (bicyclic) bond motifs is 1. The molecule has 0 atom stereocenters. The maximum atomic E-state index is 12.8. The van der Waals surface area contributed by atoms with Gasteiger partial charge in [0.2, 0.25) is 5.88 Å². The summed E-state index contributed by atoms with van der Waals surface area (Å²) in [7, 11) is -3.90. The third kappa shape index (κ3) is 4.14. The van der Waals surface area contributed by atoms with Gasteiger partial charge in [0.05, 0.1) is 27.2 Å². The number of sulfonamides is 1. The van der Waals surface area contributed by atoms with Gasteiger partial charge in [0.1, 0.15) is 4.83 Å². The molecule has 172 valence electrons. The summed E-state index contributed by atoms with van der Waals surface area (Å²) in [5, 5.41) is 6.90. The lowest BCUT2D eigenvalue weighted by Gasteiger charge is -2.08. The van der Waals surface area contributed by atoms with Gasteiger partial charge in [-0.3, -0.25) is 14.2 Å². The molecule has 0 spiro atoms. The van der Waals surface area contributed by atoms with E-state index in [-0.39, 0.29) is 16.3 Å². The van der Waals surface area contributed by atoms with Crippen LogP contribution in [0.1, 0.15) is 33.4 Å². The van der Waals surface area contributed by atoms with Crippen molar-refractivity contribution in [2.75, 3.05) is 10.0 Å². The molecular formula is C21H21N5O5S2. The van der Waals surface area contributed by atoms with E-state index in [1.165, 1.54) is 35.2 Å². The number of nitrogens with one attached hydrogen (secondary N) is 2. The van der Waals surface area contributed by atoms with Gasteiger partial charge in [0, 0.05) is 17.8 Å². The van der Waals surface area contributed by atoms with Crippen LogP contribution in [0.4, 0.5) is 11.6 Å². The van der Waals surface area contributed by atoms with Crippen molar-refractivity contribution >= 4 is 49.1 Å². The minimum absolute atomic E-state index is 0.00342. The van der Waals surface area contributed by atoms with Crippen molar-refractivity contribution in [2.45, 2.75) is 39.1 Å². The van der Waals surface area contributed by atoms with Crippen LogP contribution in [0.2, 0.25) is 0 Å². The highest BCUT2D eigenvalue weighted by molar-refractivity contribution is 7.92. The van der Waals surface area contributed by atoms with E-state index in [1.54, 1.807) is 20.8 Å². The predicted octanol–water partition coefficient (Wildman–Crippen LogP) is 3.44. The fourth-order valence-electron chi connectivity index (χ4n) is 3.20. The molecule has 4 rings (SSSR count). The maximum Gasteiger partial charge on any atom is 0.266 e. The SMILES string of the molecule is CCn1cnc2sc(C(=O)Nc3ccc(S(=O)(=O)Nc4onc(C)c4C)cc3)c(C)c2c1=O. The van der Waals surface area contributed by atoms with E-state index in [9.17, 15) is 18.0 Å². The molecule has 0 bridgehead atoms. The number of aromatic nitrogens is 3. The highest BCUT2D eigenvalue weighted by Gasteiger charge is 2.21. The average molecular weight is 488 g/mol. The lowest BCUT2D eigenvalue weighted by molar-refractivity contribution is 0.103. The lowest BCUT2D eigenvalue weighted by atomic mass is 10.2. The molecule has 0 saturated carbocycles. The Morgan fingerprint density at radius 1 is 1.15 bits per heavy atom. The monoisotopic (exact) mass is 487 g/mol. The molecule has 0 aliphatic rings. The molecule has 0 fully saturated rings. The number of aryl methyl sites for hydroxylation is 3. The fraction of sp³-hybridized carbons (Fsp3) is 0.238. The van der Waals surface area contributed by atoms with Gasteiger partial charge in [-0.05, 0) is 57.5 Å². The third-order valence-electron chi connectivity index (χ3n) is 5.27. The van der Waals surface area contributed by atoms with Crippen molar-refractivity contribution in [3.63, 3.8) is 0 Å². The Morgan fingerprint density at radius 2 is 1.85 bits per heavy atom. The molecule has 0 saturated heterocycles. The summed E-state index contributed by atoms with van der Waals surface area (Å²) in [6.45, 7) is 7.45. The molecule has 0 unspecified atom stereocenters. The second-order valence-corrected chi connectivity index (χ2v) is 10.1. The Hall–Kier alpha value is -3.51. The minimum atomic E-state index is -3.90. The number of nitrogens with zero attached hydrogens (tertiary/aromatic N) is 3. The van der Waals surface area contributed by atoms with E-state index in [4.69, 9.17) is 4.52 Å². The van der Waals surface area contributed by atoms with Crippen LogP contribution < -0.4 is 15.6 Å². The summed E-state index contributed by atoms with van der Waals surface area (Å²) in [5.41, 5.74) is 1.97.